The van der Waals surface area contributed by atoms with Gasteiger partial charge >= 0.3 is 0 Å². The Morgan fingerprint density at radius 2 is 2.00 bits per heavy atom. The zero-order valence-corrected chi connectivity index (χ0v) is 12.0. The summed E-state index contributed by atoms with van der Waals surface area (Å²) in [5.41, 5.74) is 11.7. The van der Waals surface area contributed by atoms with Crippen molar-refractivity contribution >= 4 is 16.3 Å². The molecule has 0 aliphatic heterocycles. The average molecular weight is 271 g/mol. The third kappa shape index (κ3) is 1.97. The smallest absolute Gasteiger partial charge is 0.194 e. The van der Waals surface area contributed by atoms with Gasteiger partial charge in [-0.25, -0.2) is 4.98 Å². The molecular formula is C15H17N3S. The molecule has 0 unspecified atom stereocenters. The van der Waals surface area contributed by atoms with Crippen molar-refractivity contribution in [2.24, 2.45) is 5.73 Å². The van der Waals surface area contributed by atoms with Crippen LogP contribution in [0.15, 0.2) is 29.6 Å². The zero-order valence-electron chi connectivity index (χ0n) is 11.2. The van der Waals surface area contributed by atoms with Crippen LogP contribution < -0.4 is 5.73 Å². The van der Waals surface area contributed by atoms with E-state index in [1.807, 2.05) is 0 Å². The fourth-order valence-electron chi connectivity index (χ4n) is 2.38. The third-order valence-corrected chi connectivity index (χ3v) is 4.40. The van der Waals surface area contributed by atoms with Crippen LogP contribution in [-0.4, -0.2) is 9.38 Å². The van der Waals surface area contributed by atoms with Crippen LogP contribution in [0.2, 0.25) is 0 Å². The van der Waals surface area contributed by atoms with Crippen molar-refractivity contribution in [3.8, 4) is 11.3 Å². The molecule has 0 spiro atoms. The van der Waals surface area contributed by atoms with E-state index in [1.54, 1.807) is 11.3 Å². The molecule has 0 fully saturated rings. The van der Waals surface area contributed by atoms with E-state index in [2.05, 4.69) is 47.9 Å². The second-order valence-corrected chi connectivity index (χ2v) is 5.49. The number of thiazole rings is 1. The molecule has 3 aromatic rings. The van der Waals surface area contributed by atoms with Crippen LogP contribution in [0.4, 0.5) is 0 Å². The summed E-state index contributed by atoms with van der Waals surface area (Å²) in [4.78, 5) is 5.75. The molecule has 0 saturated heterocycles. The molecule has 3 nitrogen and oxygen atoms in total. The lowest BCUT2D eigenvalue weighted by Gasteiger charge is -2.04. The van der Waals surface area contributed by atoms with Gasteiger partial charge in [-0.15, -0.1) is 11.3 Å². The molecular weight excluding hydrogens is 254 g/mol. The van der Waals surface area contributed by atoms with Crippen molar-refractivity contribution in [2.75, 3.05) is 0 Å². The van der Waals surface area contributed by atoms with Gasteiger partial charge in [-0.2, -0.15) is 0 Å². The predicted octanol–water partition coefficient (Wildman–Crippen LogP) is 3.39. The first-order valence-corrected chi connectivity index (χ1v) is 7.37. The van der Waals surface area contributed by atoms with Crippen molar-refractivity contribution < 1.29 is 0 Å². The van der Waals surface area contributed by atoms with E-state index >= 15 is 0 Å². The maximum atomic E-state index is 5.93. The molecule has 0 aliphatic rings. The summed E-state index contributed by atoms with van der Waals surface area (Å²) in [5.74, 6) is 0. The fraction of sp³-hybridized carbons (Fsp3) is 0.267. The summed E-state index contributed by atoms with van der Waals surface area (Å²) in [6.45, 7) is 4.76. The molecule has 2 heterocycles. The van der Waals surface area contributed by atoms with E-state index < -0.39 is 0 Å². The second kappa shape index (κ2) is 4.79. The summed E-state index contributed by atoms with van der Waals surface area (Å²) in [6.07, 6.45) is 1.06. The molecule has 1 aromatic carbocycles. The average Bonchev–Trinajstić information content (AvgIpc) is 2.99. The fourth-order valence-corrected chi connectivity index (χ4v) is 3.27. The van der Waals surface area contributed by atoms with E-state index in [-0.39, 0.29) is 0 Å². The molecule has 4 heteroatoms. The highest BCUT2D eigenvalue weighted by Gasteiger charge is 2.15. The van der Waals surface area contributed by atoms with Crippen LogP contribution in [0.5, 0.6) is 0 Å². The van der Waals surface area contributed by atoms with Gasteiger partial charge in [0.05, 0.1) is 11.4 Å². The Morgan fingerprint density at radius 1 is 1.26 bits per heavy atom. The van der Waals surface area contributed by atoms with Gasteiger partial charge in [-0.1, -0.05) is 31.2 Å². The number of benzene rings is 1. The lowest BCUT2D eigenvalue weighted by atomic mass is 10.1. The van der Waals surface area contributed by atoms with Crippen molar-refractivity contribution in [3.63, 3.8) is 0 Å². The Morgan fingerprint density at radius 3 is 2.63 bits per heavy atom. The molecule has 2 N–H and O–H groups in total. The van der Waals surface area contributed by atoms with Crippen LogP contribution in [0, 0.1) is 6.92 Å². The Hall–Kier alpha value is -1.65. The van der Waals surface area contributed by atoms with Gasteiger partial charge in [-0.05, 0) is 18.9 Å². The number of aryl methyl sites for hydroxylation is 2. The van der Waals surface area contributed by atoms with Crippen LogP contribution in [0.25, 0.3) is 16.2 Å². The molecule has 98 valence electrons. The summed E-state index contributed by atoms with van der Waals surface area (Å²) in [5, 5.41) is 2.12. The molecule has 0 aliphatic carbocycles. The third-order valence-electron chi connectivity index (χ3n) is 3.46. The first-order valence-electron chi connectivity index (χ1n) is 6.49. The molecule has 0 saturated carbocycles. The Balaban J connectivity index is 2.17. The van der Waals surface area contributed by atoms with E-state index in [9.17, 15) is 0 Å². The largest absolute Gasteiger partial charge is 0.325 e. The number of hydrogen-bond donors (Lipinski definition) is 1. The summed E-state index contributed by atoms with van der Waals surface area (Å²) in [6, 6.07) is 8.60. The number of aromatic nitrogens is 2. The Kier molecular flexibility index (Phi) is 3.12. The van der Waals surface area contributed by atoms with Gasteiger partial charge in [0, 0.05) is 23.2 Å². The highest BCUT2D eigenvalue weighted by Crippen LogP contribution is 2.28. The van der Waals surface area contributed by atoms with E-state index in [0.29, 0.717) is 6.54 Å². The molecule has 0 atom stereocenters. The molecule has 3 rings (SSSR count). The van der Waals surface area contributed by atoms with E-state index in [4.69, 9.17) is 10.7 Å². The van der Waals surface area contributed by atoms with Gasteiger partial charge in [0.1, 0.15) is 0 Å². The number of nitrogens with zero attached hydrogens (tertiary/aromatic N) is 2. The summed E-state index contributed by atoms with van der Waals surface area (Å²) < 4.78 is 2.16. The van der Waals surface area contributed by atoms with Crippen molar-refractivity contribution in [1.82, 2.24) is 9.38 Å². The van der Waals surface area contributed by atoms with Crippen LogP contribution >= 0.6 is 11.3 Å². The number of imidazole rings is 1. The maximum Gasteiger partial charge on any atom is 0.194 e. The molecule has 2 aromatic heterocycles. The van der Waals surface area contributed by atoms with Crippen LogP contribution in [-0.2, 0) is 13.0 Å². The first kappa shape index (κ1) is 12.4. The SMILES string of the molecule is CCc1ccc(-c2nc3scc(C)n3c2CN)cc1. The minimum absolute atomic E-state index is 0.504. The van der Waals surface area contributed by atoms with Gasteiger partial charge < -0.3 is 5.73 Å². The van der Waals surface area contributed by atoms with E-state index in [1.165, 1.54) is 11.3 Å². The molecule has 0 bridgehead atoms. The topological polar surface area (TPSA) is 43.3 Å². The van der Waals surface area contributed by atoms with Gasteiger partial charge in [-0.3, -0.25) is 4.40 Å². The summed E-state index contributed by atoms with van der Waals surface area (Å²) in [7, 11) is 0. The van der Waals surface area contributed by atoms with E-state index in [0.717, 1.165) is 28.3 Å². The number of fused-ring (bicyclic) bond motifs is 1. The van der Waals surface area contributed by atoms with Crippen LogP contribution in [0.1, 0.15) is 23.9 Å². The second-order valence-electron chi connectivity index (χ2n) is 4.66. The van der Waals surface area contributed by atoms with Crippen molar-refractivity contribution in [1.29, 1.82) is 0 Å². The normalized spacial score (nSPS) is 11.3. The first-order chi connectivity index (χ1) is 9.24. The minimum Gasteiger partial charge on any atom is -0.325 e. The molecule has 0 radical (unpaired) electrons. The highest BCUT2D eigenvalue weighted by atomic mass is 32.1. The van der Waals surface area contributed by atoms with Crippen LogP contribution in [0.3, 0.4) is 0 Å². The minimum atomic E-state index is 0.504. The van der Waals surface area contributed by atoms with Crippen molar-refractivity contribution in [3.05, 3.63) is 46.6 Å². The molecule has 19 heavy (non-hydrogen) atoms. The van der Waals surface area contributed by atoms with Gasteiger partial charge in [0.15, 0.2) is 4.96 Å². The Bertz CT molecular complexity index is 707. The predicted molar refractivity (Wildman–Crippen MR) is 80.5 cm³/mol. The maximum absolute atomic E-state index is 5.93. The quantitative estimate of drug-likeness (QED) is 0.793. The van der Waals surface area contributed by atoms with Crippen molar-refractivity contribution in [2.45, 2.75) is 26.8 Å². The lowest BCUT2D eigenvalue weighted by molar-refractivity contribution is 0.946. The summed E-state index contributed by atoms with van der Waals surface area (Å²) >= 11 is 1.66. The lowest BCUT2D eigenvalue weighted by Crippen LogP contribution is -2.03. The Labute approximate surface area is 116 Å². The standard InChI is InChI=1S/C15H17N3S/c1-3-11-4-6-12(7-5-11)14-13(8-16)18-10(2)9-19-15(18)17-14/h4-7,9H,3,8,16H2,1-2H3. The van der Waals surface area contributed by atoms with Gasteiger partial charge in [0.25, 0.3) is 0 Å². The number of nitrogens with two attached hydrogens (primary N) is 1. The monoisotopic (exact) mass is 271 g/mol. The molecule has 0 amide bonds. The highest BCUT2D eigenvalue weighted by molar-refractivity contribution is 7.15. The number of hydrogen-bond acceptors (Lipinski definition) is 3. The zero-order chi connectivity index (χ0) is 13.4. The van der Waals surface area contributed by atoms with Gasteiger partial charge in [0.2, 0.25) is 0 Å². The number of rotatable bonds is 3.